The molecule has 4 N–H and O–H groups in total. The molecule has 7 heteroatoms. The van der Waals surface area contributed by atoms with Crippen molar-refractivity contribution in [1.29, 1.82) is 0 Å². The van der Waals surface area contributed by atoms with Crippen molar-refractivity contribution in [1.82, 2.24) is 5.32 Å². The minimum atomic E-state index is -0.192. The summed E-state index contributed by atoms with van der Waals surface area (Å²) < 4.78 is 0. The van der Waals surface area contributed by atoms with Crippen molar-refractivity contribution < 1.29 is 14.7 Å². The molecule has 0 spiro atoms. The molecular weight excluding hydrogens is 450 g/mol. The summed E-state index contributed by atoms with van der Waals surface area (Å²) in [5.74, 6) is -0.119. The average molecular weight is 480 g/mol. The maximum atomic E-state index is 12.0. The standard InChI is InChI=1S/C21H24N2O3.C6H6ClN/c1-14-3-4-19-13-18(9-10-20(19)23(14)15(2)25)16-5-7-17(8-6-16)21(26)22-11-12-24;7-5-1-3-6(8)4-2-5/h5-10,13-14,24H,3-4,11-12H2,1-2H3,(H,22,26);1-4H,8H2/t14-;/m0./s1. The van der Waals surface area contributed by atoms with Gasteiger partial charge in [-0.1, -0.05) is 29.8 Å². The fourth-order valence-electron chi connectivity index (χ4n) is 3.96. The Morgan fingerprint density at radius 2 is 1.71 bits per heavy atom. The normalized spacial score (nSPS) is 14.5. The van der Waals surface area contributed by atoms with E-state index in [-0.39, 0.29) is 31.0 Å². The Kier molecular flexibility index (Phi) is 8.68. The fourth-order valence-corrected chi connectivity index (χ4v) is 4.09. The van der Waals surface area contributed by atoms with Crippen LogP contribution in [0.2, 0.25) is 5.02 Å². The van der Waals surface area contributed by atoms with E-state index in [1.165, 1.54) is 5.56 Å². The summed E-state index contributed by atoms with van der Waals surface area (Å²) in [5.41, 5.74) is 11.0. The number of hydrogen-bond donors (Lipinski definition) is 3. The lowest BCUT2D eigenvalue weighted by molar-refractivity contribution is -0.117. The highest BCUT2D eigenvalue weighted by atomic mass is 35.5. The van der Waals surface area contributed by atoms with Crippen molar-refractivity contribution in [3.8, 4) is 11.1 Å². The van der Waals surface area contributed by atoms with Gasteiger partial charge in [-0.25, -0.2) is 0 Å². The quantitative estimate of drug-likeness (QED) is 0.473. The Labute approximate surface area is 205 Å². The fraction of sp³-hybridized carbons (Fsp3) is 0.259. The van der Waals surface area contributed by atoms with Crippen LogP contribution in [0.15, 0.2) is 66.7 Å². The maximum absolute atomic E-state index is 12.0. The molecule has 4 rings (SSSR count). The summed E-state index contributed by atoms with van der Waals surface area (Å²) >= 11 is 5.56. The van der Waals surface area contributed by atoms with E-state index in [0.717, 1.165) is 40.4 Å². The molecule has 6 nitrogen and oxygen atoms in total. The van der Waals surface area contributed by atoms with Gasteiger partial charge in [0.1, 0.15) is 0 Å². The Hall–Kier alpha value is -3.35. The van der Waals surface area contributed by atoms with E-state index in [2.05, 4.69) is 18.3 Å². The molecule has 0 saturated heterocycles. The van der Waals surface area contributed by atoms with Gasteiger partial charge in [-0.2, -0.15) is 0 Å². The number of nitrogens with two attached hydrogens (primary N) is 1. The topological polar surface area (TPSA) is 95.7 Å². The number of benzene rings is 3. The second-order valence-electron chi connectivity index (χ2n) is 8.23. The van der Waals surface area contributed by atoms with Gasteiger partial charge in [-0.3, -0.25) is 9.59 Å². The number of carbonyl (C=O) groups is 2. The molecule has 2 amide bonds. The molecule has 1 aliphatic heterocycles. The molecule has 178 valence electrons. The molecule has 0 aromatic heterocycles. The predicted octanol–water partition coefficient (Wildman–Crippen LogP) is 4.69. The van der Waals surface area contributed by atoms with Gasteiger partial charge in [0.15, 0.2) is 0 Å². The molecule has 0 bridgehead atoms. The first-order chi connectivity index (χ1) is 16.3. The first-order valence-electron chi connectivity index (χ1n) is 11.2. The molecule has 1 heterocycles. The lowest BCUT2D eigenvalue weighted by Crippen LogP contribution is -2.40. The molecule has 1 atom stereocenters. The van der Waals surface area contributed by atoms with E-state index in [1.807, 2.05) is 29.2 Å². The summed E-state index contributed by atoms with van der Waals surface area (Å²) in [6.07, 6.45) is 1.91. The number of amides is 2. The third-order valence-electron chi connectivity index (χ3n) is 5.70. The van der Waals surface area contributed by atoms with Crippen LogP contribution in [0.25, 0.3) is 11.1 Å². The zero-order valence-corrected chi connectivity index (χ0v) is 20.2. The number of fused-ring (bicyclic) bond motifs is 1. The summed E-state index contributed by atoms with van der Waals surface area (Å²) in [6, 6.07) is 20.9. The van der Waals surface area contributed by atoms with Crippen LogP contribution >= 0.6 is 11.6 Å². The summed E-state index contributed by atoms with van der Waals surface area (Å²) in [4.78, 5) is 25.8. The predicted molar refractivity (Wildman–Crippen MR) is 138 cm³/mol. The molecule has 0 fully saturated rings. The highest BCUT2D eigenvalue weighted by Crippen LogP contribution is 2.34. The Morgan fingerprint density at radius 1 is 1.06 bits per heavy atom. The number of rotatable bonds is 4. The molecule has 1 aliphatic rings. The lowest BCUT2D eigenvalue weighted by Gasteiger charge is -2.34. The number of carbonyl (C=O) groups excluding carboxylic acids is 2. The van der Waals surface area contributed by atoms with Crippen molar-refractivity contribution in [2.75, 3.05) is 23.8 Å². The van der Waals surface area contributed by atoms with E-state index in [0.29, 0.717) is 5.56 Å². The van der Waals surface area contributed by atoms with Gasteiger partial charge in [0.05, 0.1) is 6.61 Å². The molecule has 0 unspecified atom stereocenters. The van der Waals surface area contributed by atoms with Crippen molar-refractivity contribution in [3.63, 3.8) is 0 Å². The zero-order chi connectivity index (χ0) is 24.7. The molecule has 3 aromatic rings. The smallest absolute Gasteiger partial charge is 0.251 e. The molecule has 3 aromatic carbocycles. The van der Waals surface area contributed by atoms with Crippen LogP contribution in [0.3, 0.4) is 0 Å². The molecule has 0 aliphatic carbocycles. The van der Waals surface area contributed by atoms with Gasteiger partial charge >= 0.3 is 0 Å². The van der Waals surface area contributed by atoms with Crippen molar-refractivity contribution in [3.05, 3.63) is 82.9 Å². The van der Waals surface area contributed by atoms with Crippen molar-refractivity contribution in [2.24, 2.45) is 0 Å². The van der Waals surface area contributed by atoms with Crippen LogP contribution in [0.4, 0.5) is 11.4 Å². The molecule has 0 radical (unpaired) electrons. The number of nitrogen functional groups attached to an aromatic ring is 1. The second-order valence-corrected chi connectivity index (χ2v) is 8.67. The number of aliphatic hydroxyl groups excluding tert-OH is 1. The second kappa shape index (κ2) is 11.7. The molecular formula is C27H30ClN3O3. The number of nitrogens with zero attached hydrogens (tertiary/aromatic N) is 1. The number of anilines is 2. The van der Waals surface area contributed by atoms with Gasteiger partial charge in [-0.15, -0.1) is 0 Å². The van der Waals surface area contributed by atoms with Gasteiger partial charge in [-0.05, 0) is 85.0 Å². The molecule has 0 saturated carbocycles. The monoisotopic (exact) mass is 479 g/mol. The first-order valence-corrected chi connectivity index (χ1v) is 11.6. The Bertz CT molecular complexity index is 1110. The Balaban J connectivity index is 0.000000343. The lowest BCUT2D eigenvalue weighted by atomic mass is 9.93. The number of halogens is 1. The van der Waals surface area contributed by atoms with Gasteiger partial charge < -0.3 is 21.1 Å². The van der Waals surface area contributed by atoms with Gasteiger partial charge in [0.2, 0.25) is 5.91 Å². The highest BCUT2D eigenvalue weighted by molar-refractivity contribution is 6.30. The minimum absolute atomic E-state index is 0.0736. The maximum Gasteiger partial charge on any atom is 0.251 e. The van der Waals surface area contributed by atoms with Crippen LogP contribution < -0.4 is 16.0 Å². The SMILES string of the molecule is CC(=O)N1c2ccc(-c3ccc(C(=O)NCCO)cc3)cc2CC[C@@H]1C.Nc1ccc(Cl)cc1. The van der Waals surface area contributed by atoms with Crippen molar-refractivity contribution >= 4 is 34.8 Å². The van der Waals surface area contributed by atoms with Gasteiger partial charge in [0, 0.05) is 41.5 Å². The third-order valence-corrected chi connectivity index (χ3v) is 5.95. The van der Waals surface area contributed by atoms with E-state index >= 15 is 0 Å². The Morgan fingerprint density at radius 3 is 2.29 bits per heavy atom. The highest BCUT2D eigenvalue weighted by Gasteiger charge is 2.26. The van der Waals surface area contributed by atoms with Crippen LogP contribution in [0, 0.1) is 0 Å². The van der Waals surface area contributed by atoms with E-state index in [4.69, 9.17) is 22.4 Å². The van der Waals surface area contributed by atoms with Crippen molar-refractivity contribution in [2.45, 2.75) is 32.7 Å². The largest absolute Gasteiger partial charge is 0.399 e. The number of nitrogens with one attached hydrogen (secondary N) is 1. The van der Waals surface area contributed by atoms with Gasteiger partial charge in [0.25, 0.3) is 5.91 Å². The van der Waals surface area contributed by atoms with E-state index < -0.39 is 0 Å². The average Bonchev–Trinajstić information content (AvgIpc) is 2.84. The number of aliphatic hydroxyl groups is 1. The first kappa shape index (κ1) is 25.3. The van der Waals surface area contributed by atoms with Crippen LogP contribution in [-0.4, -0.2) is 36.1 Å². The van der Waals surface area contributed by atoms with Crippen LogP contribution in [-0.2, 0) is 11.2 Å². The summed E-state index contributed by atoms with van der Waals surface area (Å²) in [7, 11) is 0. The molecule has 34 heavy (non-hydrogen) atoms. The minimum Gasteiger partial charge on any atom is -0.399 e. The van der Waals surface area contributed by atoms with Crippen LogP contribution in [0.1, 0.15) is 36.2 Å². The van der Waals surface area contributed by atoms with Crippen LogP contribution in [0.5, 0.6) is 0 Å². The van der Waals surface area contributed by atoms with E-state index in [1.54, 1.807) is 43.3 Å². The number of aryl methyl sites for hydroxylation is 1. The van der Waals surface area contributed by atoms with E-state index in [9.17, 15) is 9.59 Å². The summed E-state index contributed by atoms with van der Waals surface area (Å²) in [6.45, 7) is 3.87. The zero-order valence-electron chi connectivity index (χ0n) is 19.4. The third kappa shape index (κ3) is 6.37. The summed E-state index contributed by atoms with van der Waals surface area (Å²) in [5, 5.41) is 12.1. The number of hydrogen-bond acceptors (Lipinski definition) is 4.